The third kappa shape index (κ3) is 3.77. The van der Waals surface area contributed by atoms with Crippen LogP contribution in [0.4, 0.5) is 5.69 Å². The third-order valence-corrected chi connectivity index (χ3v) is 5.00. The van der Waals surface area contributed by atoms with Gasteiger partial charge in [0, 0.05) is 24.3 Å². The van der Waals surface area contributed by atoms with Crippen LogP contribution in [-0.4, -0.2) is 43.0 Å². The van der Waals surface area contributed by atoms with Crippen LogP contribution in [0.2, 0.25) is 0 Å². The number of ether oxygens (including phenoxy) is 1. The molecule has 9 nitrogen and oxygen atoms in total. The number of hydrogen-bond donors (Lipinski definition) is 1. The summed E-state index contributed by atoms with van der Waals surface area (Å²) in [7, 11) is 1.82. The van der Waals surface area contributed by atoms with Crippen LogP contribution in [0.15, 0.2) is 42.7 Å². The van der Waals surface area contributed by atoms with Crippen molar-refractivity contribution in [2.75, 3.05) is 11.9 Å². The fourth-order valence-corrected chi connectivity index (χ4v) is 3.40. The first kappa shape index (κ1) is 20.3. The largest absolute Gasteiger partial charge is 0.462 e. The third-order valence-electron chi connectivity index (χ3n) is 5.00. The molecule has 3 aromatic heterocycles. The summed E-state index contributed by atoms with van der Waals surface area (Å²) in [6.07, 6.45) is 3.03. The van der Waals surface area contributed by atoms with Crippen molar-refractivity contribution in [2.24, 2.45) is 7.05 Å². The SMILES string of the molecule is CCOC(=O)c1cnn(-c2ccc(NC(=O)c3cnc4c(c3)c(C)nn4C)cc2)c1C. The fraction of sp³-hybridized carbons (Fsp3) is 0.227. The van der Waals surface area contributed by atoms with E-state index in [-0.39, 0.29) is 5.91 Å². The van der Waals surface area contributed by atoms with Gasteiger partial charge < -0.3 is 10.1 Å². The van der Waals surface area contributed by atoms with Crippen LogP contribution in [0, 0.1) is 13.8 Å². The number of hydrogen-bond acceptors (Lipinski definition) is 6. The molecule has 0 radical (unpaired) electrons. The lowest BCUT2D eigenvalue weighted by atomic mass is 10.2. The Kier molecular flexibility index (Phi) is 5.24. The predicted octanol–water partition coefficient (Wildman–Crippen LogP) is 3.20. The van der Waals surface area contributed by atoms with Crippen LogP contribution < -0.4 is 5.32 Å². The summed E-state index contributed by atoms with van der Waals surface area (Å²) in [5.41, 5.74) is 4.51. The Bertz CT molecular complexity index is 1290. The first-order valence-electron chi connectivity index (χ1n) is 9.82. The standard InChI is InChI=1S/C22H22N6O3/c1-5-31-22(30)19-12-24-28(14(19)3)17-8-6-16(7-9-17)25-21(29)15-10-18-13(2)26-27(4)20(18)23-11-15/h6-12H,5H2,1-4H3,(H,25,29). The van der Waals surface area contributed by atoms with Crippen LogP contribution in [-0.2, 0) is 11.8 Å². The van der Waals surface area contributed by atoms with Gasteiger partial charge >= 0.3 is 5.97 Å². The van der Waals surface area contributed by atoms with Crippen molar-refractivity contribution in [3.8, 4) is 5.69 Å². The lowest BCUT2D eigenvalue weighted by Crippen LogP contribution is -2.12. The highest BCUT2D eigenvalue weighted by molar-refractivity contribution is 6.05. The Morgan fingerprint density at radius 1 is 1.13 bits per heavy atom. The van der Waals surface area contributed by atoms with Crippen LogP contribution in [0.3, 0.4) is 0 Å². The van der Waals surface area contributed by atoms with Gasteiger partial charge in [-0.15, -0.1) is 0 Å². The van der Waals surface area contributed by atoms with Crippen molar-refractivity contribution in [1.29, 1.82) is 0 Å². The Morgan fingerprint density at radius 3 is 2.58 bits per heavy atom. The second-order valence-electron chi connectivity index (χ2n) is 7.08. The second kappa shape index (κ2) is 8.02. The monoisotopic (exact) mass is 418 g/mol. The van der Waals surface area contributed by atoms with Crippen molar-refractivity contribution < 1.29 is 14.3 Å². The minimum Gasteiger partial charge on any atom is -0.462 e. The average molecular weight is 418 g/mol. The zero-order chi connectivity index (χ0) is 22.1. The van der Waals surface area contributed by atoms with Gasteiger partial charge in [0.05, 0.1) is 35.4 Å². The number of fused-ring (bicyclic) bond motifs is 1. The Morgan fingerprint density at radius 2 is 1.87 bits per heavy atom. The lowest BCUT2D eigenvalue weighted by molar-refractivity contribution is 0.0525. The molecule has 158 valence electrons. The molecule has 0 saturated carbocycles. The van der Waals surface area contributed by atoms with Crippen molar-refractivity contribution in [3.63, 3.8) is 0 Å². The van der Waals surface area contributed by atoms with E-state index in [0.717, 1.165) is 22.4 Å². The molecule has 0 fully saturated rings. The van der Waals surface area contributed by atoms with Gasteiger partial charge in [0.2, 0.25) is 0 Å². The number of benzene rings is 1. The summed E-state index contributed by atoms with van der Waals surface area (Å²) >= 11 is 0. The van der Waals surface area contributed by atoms with Crippen LogP contribution in [0.1, 0.15) is 39.0 Å². The van der Waals surface area contributed by atoms with Gasteiger partial charge in [-0.2, -0.15) is 10.2 Å². The number of aryl methyl sites for hydroxylation is 2. The fourth-order valence-electron chi connectivity index (χ4n) is 3.40. The maximum absolute atomic E-state index is 12.7. The number of pyridine rings is 1. The summed E-state index contributed by atoms with van der Waals surface area (Å²) in [5.74, 6) is -0.658. The van der Waals surface area contributed by atoms with E-state index in [2.05, 4.69) is 20.5 Å². The van der Waals surface area contributed by atoms with Crippen LogP contribution >= 0.6 is 0 Å². The summed E-state index contributed by atoms with van der Waals surface area (Å²) in [6, 6.07) is 8.98. The number of aromatic nitrogens is 5. The van der Waals surface area contributed by atoms with E-state index in [1.165, 1.54) is 12.4 Å². The molecule has 1 amide bonds. The summed E-state index contributed by atoms with van der Waals surface area (Å²) in [4.78, 5) is 29.0. The van der Waals surface area contributed by atoms with E-state index < -0.39 is 5.97 Å². The smallest absolute Gasteiger partial charge is 0.341 e. The van der Waals surface area contributed by atoms with Crippen molar-refractivity contribution in [3.05, 3.63) is 65.2 Å². The van der Waals surface area contributed by atoms with Crippen molar-refractivity contribution in [2.45, 2.75) is 20.8 Å². The van der Waals surface area contributed by atoms with E-state index in [9.17, 15) is 9.59 Å². The van der Waals surface area contributed by atoms with Gasteiger partial charge in [-0.3, -0.25) is 9.48 Å². The highest BCUT2D eigenvalue weighted by Crippen LogP contribution is 2.20. The lowest BCUT2D eigenvalue weighted by Gasteiger charge is -2.08. The quantitative estimate of drug-likeness (QED) is 0.499. The Labute approximate surface area is 178 Å². The molecule has 0 aliphatic carbocycles. The molecule has 1 N–H and O–H groups in total. The van der Waals surface area contributed by atoms with E-state index in [0.29, 0.717) is 29.1 Å². The number of amides is 1. The first-order valence-corrected chi connectivity index (χ1v) is 9.82. The molecule has 9 heteroatoms. The first-order chi connectivity index (χ1) is 14.9. The Balaban J connectivity index is 1.52. The van der Waals surface area contributed by atoms with Gasteiger partial charge in [-0.05, 0) is 51.1 Å². The molecule has 0 aliphatic heterocycles. The van der Waals surface area contributed by atoms with E-state index >= 15 is 0 Å². The highest BCUT2D eigenvalue weighted by Gasteiger charge is 2.16. The van der Waals surface area contributed by atoms with E-state index in [4.69, 9.17) is 4.74 Å². The maximum atomic E-state index is 12.7. The van der Waals surface area contributed by atoms with E-state index in [1.54, 1.807) is 41.4 Å². The molecule has 0 saturated heterocycles. The number of nitrogens with one attached hydrogen (secondary N) is 1. The molecule has 31 heavy (non-hydrogen) atoms. The molecule has 1 aromatic carbocycles. The highest BCUT2D eigenvalue weighted by atomic mass is 16.5. The van der Waals surface area contributed by atoms with Crippen LogP contribution in [0.5, 0.6) is 0 Å². The molecule has 0 spiro atoms. The molecular weight excluding hydrogens is 396 g/mol. The number of esters is 1. The van der Waals surface area contributed by atoms with Gasteiger partial charge in [-0.1, -0.05) is 0 Å². The molecule has 0 atom stereocenters. The normalized spacial score (nSPS) is 11.0. The number of rotatable bonds is 5. The number of anilines is 1. The van der Waals surface area contributed by atoms with Crippen molar-refractivity contribution in [1.82, 2.24) is 24.5 Å². The molecule has 4 aromatic rings. The Hall–Kier alpha value is -4.01. The molecule has 4 rings (SSSR count). The van der Waals surface area contributed by atoms with Crippen molar-refractivity contribution >= 4 is 28.6 Å². The van der Waals surface area contributed by atoms with E-state index in [1.807, 2.05) is 26.1 Å². The zero-order valence-corrected chi connectivity index (χ0v) is 17.7. The zero-order valence-electron chi connectivity index (χ0n) is 17.7. The summed E-state index contributed by atoms with van der Waals surface area (Å²) in [6.45, 7) is 5.75. The topological polar surface area (TPSA) is 104 Å². The van der Waals surface area contributed by atoms with Gasteiger partial charge in [0.1, 0.15) is 5.56 Å². The molecule has 0 unspecified atom stereocenters. The van der Waals surface area contributed by atoms with Gasteiger partial charge in [0.15, 0.2) is 5.65 Å². The van der Waals surface area contributed by atoms with Gasteiger partial charge in [0.25, 0.3) is 5.91 Å². The molecular formula is C22H22N6O3. The van der Waals surface area contributed by atoms with Crippen LogP contribution in [0.25, 0.3) is 16.7 Å². The number of nitrogens with zero attached hydrogens (tertiary/aromatic N) is 5. The average Bonchev–Trinajstić information content (AvgIpc) is 3.28. The second-order valence-corrected chi connectivity index (χ2v) is 7.08. The maximum Gasteiger partial charge on any atom is 0.341 e. The number of carbonyl (C=O) groups is 2. The minimum atomic E-state index is -0.399. The predicted molar refractivity (Wildman–Crippen MR) is 115 cm³/mol. The molecule has 0 aliphatic rings. The molecule has 0 bridgehead atoms. The number of carbonyl (C=O) groups excluding carboxylic acids is 2. The summed E-state index contributed by atoms with van der Waals surface area (Å²) < 4.78 is 8.39. The minimum absolute atomic E-state index is 0.259. The molecule has 3 heterocycles. The summed E-state index contributed by atoms with van der Waals surface area (Å²) in [5, 5.41) is 12.3. The van der Waals surface area contributed by atoms with Gasteiger partial charge in [-0.25, -0.2) is 14.5 Å².